The van der Waals surface area contributed by atoms with Gasteiger partial charge in [-0.3, -0.25) is 4.79 Å². The summed E-state index contributed by atoms with van der Waals surface area (Å²) in [5.74, 6) is -0.0365. The summed E-state index contributed by atoms with van der Waals surface area (Å²) in [6.45, 7) is 3.90. The van der Waals surface area contributed by atoms with Gasteiger partial charge < -0.3 is 24.2 Å². The Balaban J connectivity index is 2.02. The molecular formula is C22H33N5O5S. The topological polar surface area (TPSA) is 108 Å². The fraction of sp³-hybridized carbons (Fsp3) is 0.545. The lowest BCUT2D eigenvalue weighted by Gasteiger charge is -2.38. The monoisotopic (exact) mass is 479 g/mol. The molecule has 1 aromatic heterocycles. The van der Waals surface area contributed by atoms with E-state index < -0.39 is 22.2 Å². The lowest BCUT2D eigenvalue weighted by atomic mass is 9.99. The molecule has 10 nitrogen and oxygen atoms in total. The number of aliphatic hydroxyl groups is 1. The molecule has 0 spiro atoms. The molecule has 1 aliphatic rings. The number of nitrogens with zero attached hydrogens (tertiary/aromatic N) is 5. The number of likely N-dealkylation sites (N-methyl/N-ethyl adjacent to an activating group) is 1. The van der Waals surface area contributed by atoms with Crippen LogP contribution < -0.4 is 9.64 Å². The normalized spacial score (nSPS) is 20.1. The van der Waals surface area contributed by atoms with E-state index in [1.165, 1.54) is 23.9 Å². The Morgan fingerprint density at radius 3 is 2.58 bits per heavy atom. The van der Waals surface area contributed by atoms with Gasteiger partial charge in [-0.15, -0.1) is 0 Å². The van der Waals surface area contributed by atoms with Crippen LogP contribution in [0.1, 0.15) is 24.2 Å². The fourth-order valence-corrected chi connectivity index (χ4v) is 4.97. The van der Waals surface area contributed by atoms with Crippen molar-refractivity contribution in [1.29, 1.82) is 0 Å². The lowest BCUT2D eigenvalue weighted by molar-refractivity contribution is 0.0388. The van der Waals surface area contributed by atoms with Crippen LogP contribution in [0.25, 0.3) is 0 Å². The highest BCUT2D eigenvalue weighted by molar-refractivity contribution is 7.89. The van der Waals surface area contributed by atoms with Gasteiger partial charge in [0.1, 0.15) is 6.10 Å². The minimum Gasteiger partial charge on any atom is -0.486 e. The Bertz CT molecular complexity index is 1100. The fourth-order valence-electron chi connectivity index (χ4n) is 3.83. The molecule has 1 aliphatic heterocycles. The second kappa shape index (κ2) is 9.70. The van der Waals surface area contributed by atoms with Crippen LogP contribution in [0.4, 0.5) is 5.69 Å². The molecule has 0 radical (unpaired) electrons. The maximum atomic E-state index is 13.4. The minimum absolute atomic E-state index is 0.0360. The molecule has 1 aromatic carbocycles. The number of benzene rings is 1. The third kappa shape index (κ3) is 4.99. The van der Waals surface area contributed by atoms with E-state index in [1.807, 2.05) is 32.0 Å². The zero-order chi connectivity index (χ0) is 24.5. The molecule has 0 fully saturated rings. The maximum Gasteiger partial charge on any atom is 0.261 e. The van der Waals surface area contributed by atoms with E-state index in [0.29, 0.717) is 23.5 Å². The van der Waals surface area contributed by atoms with Gasteiger partial charge >= 0.3 is 0 Å². The van der Waals surface area contributed by atoms with Crippen LogP contribution >= 0.6 is 0 Å². The van der Waals surface area contributed by atoms with Crippen LogP contribution in [-0.4, -0.2) is 91.2 Å². The van der Waals surface area contributed by atoms with Crippen molar-refractivity contribution in [2.75, 3.05) is 45.7 Å². The number of aryl methyl sites for hydroxylation is 1. The number of para-hydroxylation sites is 1. The molecule has 3 atom stereocenters. The standard InChI is InChI=1S/C22H33N5O5S/c1-15-10-27(16(2)13-28)22(29)17-8-7-9-18(24(3)4)21(17)32-19(15)11-26(6)33(30,31)20-12-25(5)14-23-20/h7-9,12,14-16,19,28H,10-11,13H2,1-6H3/t15-,16-,19-/m1/s1. The summed E-state index contributed by atoms with van der Waals surface area (Å²) in [4.78, 5) is 20.9. The van der Waals surface area contributed by atoms with Crippen LogP contribution in [0.2, 0.25) is 0 Å². The van der Waals surface area contributed by atoms with Gasteiger partial charge in [-0.25, -0.2) is 13.4 Å². The molecule has 0 aliphatic carbocycles. The predicted octanol–water partition coefficient (Wildman–Crippen LogP) is 1.03. The quantitative estimate of drug-likeness (QED) is 0.632. The van der Waals surface area contributed by atoms with Gasteiger partial charge in [-0.05, 0) is 19.1 Å². The van der Waals surface area contributed by atoms with Crippen molar-refractivity contribution in [2.45, 2.75) is 31.0 Å². The zero-order valence-corrected chi connectivity index (χ0v) is 20.8. The van der Waals surface area contributed by atoms with Crippen LogP contribution in [-0.2, 0) is 17.1 Å². The second-order valence-corrected chi connectivity index (χ2v) is 10.8. The Kier molecular flexibility index (Phi) is 7.35. The Morgan fingerprint density at radius 2 is 2.00 bits per heavy atom. The molecule has 2 heterocycles. The van der Waals surface area contributed by atoms with E-state index in [1.54, 1.807) is 35.6 Å². The van der Waals surface area contributed by atoms with E-state index in [4.69, 9.17) is 4.74 Å². The molecule has 33 heavy (non-hydrogen) atoms. The highest BCUT2D eigenvalue weighted by Crippen LogP contribution is 2.36. The highest BCUT2D eigenvalue weighted by atomic mass is 32.2. The molecule has 1 amide bonds. The highest BCUT2D eigenvalue weighted by Gasteiger charge is 2.36. The number of carbonyl (C=O) groups is 1. The molecular weight excluding hydrogens is 446 g/mol. The Hall–Kier alpha value is -2.63. The van der Waals surface area contributed by atoms with Crippen molar-refractivity contribution in [1.82, 2.24) is 18.8 Å². The smallest absolute Gasteiger partial charge is 0.261 e. The summed E-state index contributed by atoms with van der Waals surface area (Å²) in [6, 6.07) is 4.94. The number of imidazole rings is 1. The van der Waals surface area contributed by atoms with Crippen molar-refractivity contribution in [3.05, 3.63) is 36.3 Å². The van der Waals surface area contributed by atoms with E-state index in [9.17, 15) is 18.3 Å². The van der Waals surface area contributed by atoms with Gasteiger partial charge in [-0.2, -0.15) is 4.31 Å². The van der Waals surface area contributed by atoms with Crippen molar-refractivity contribution in [3.8, 4) is 5.75 Å². The average Bonchev–Trinajstić information content (AvgIpc) is 3.22. The van der Waals surface area contributed by atoms with Gasteiger partial charge in [-0.1, -0.05) is 13.0 Å². The van der Waals surface area contributed by atoms with Crippen molar-refractivity contribution < 1.29 is 23.1 Å². The number of anilines is 1. The molecule has 2 aromatic rings. The number of hydrogen-bond donors (Lipinski definition) is 1. The van der Waals surface area contributed by atoms with Gasteiger partial charge in [0.25, 0.3) is 15.9 Å². The first-order valence-electron chi connectivity index (χ1n) is 10.8. The summed E-state index contributed by atoms with van der Waals surface area (Å²) in [6.07, 6.45) is 2.35. The number of rotatable bonds is 7. The first-order valence-corrected chi connectivity index (χ1v) is 12.2. The molecule has 0 saturated carbocycles. The molecule has 0 saturated heterocycles. The summed E-state index contributed by atoms with van der Waals surface area (Å²) < 4.78 is 35.3. The van der Waals surface area contributed by atoms with E-state index in [0.717, 1.165) is 0 Å². The second-order valence-electron chi connectivity index (χ2n) is 8.83. The zero-order valence-electron chi connectivity index (χ0n) is 20.0. The summed E-state index contributed by atoms with van der Waals surface area (Å²) in [5.41, 5.74) is 1.10. The Morgan fingerprint density at radius 1 is 1.30 bits per heavy atom. The van der Waals surface area contributed by atoms with Crippen LogP contribution in [0, 0.1) is 5.92 Å². The Labute approximate surface area is 195 Å². The third-order valence-corrected chi connectivity index (χ3v) is 7.65. The van der Waals surface area contributed by atoms with Crippen molar-refractivity contribution >= 4 is 21.6 Å². The largest absolute Gasteiger partial charge is 0.486 e. The van der Waals surface area contributed by atoms with E-state index >= 15 is 0 Å². The number of sulfonamides is 1. The van der Waals surface area contributed by atoms with Crippen LogP contribution in [0.5, 0.6) is 5.75 Å². The van der Waals surface area contributed by atoms with Gasteiger partial charge in [0, 0.05) is 46.9 Å². The molecule has 182 valence electrons. The number of hydrogen-bond acceptors (Lipinski definition) is 7. The SMILES string of the molecule is C[C@@H]1CN([C@H](C)CO)C(=O)c2cccc(N(C)C)c2O[C@@H]1CN(C)S(=O)(=O)c1cn(C)cn1. The molecule has 0 bridgehead atoms. The van der Waals surface area contributed by atoms with Gasteiger partial charge in [0.05, 0.1) is 36.8 Å². The molecule has 3 rings (SSSR count). The predicted molar refractivity (Wildman–Crippen MR) is 125 cm³/mol. The number of aromatic nitrogens is 2. The lowest BCUT2D eigenvalue weighted by Crippen LogP contribution is -2.50. The average molecular weight is 480 g/mol. The first kappa shape index (κ1) is 25.0. The number of ether oxygens (including phenoxy) is 1. The number of aliphatic hydroxyl groups excluding tert-OH is 1. The molecule has 0 unspecified atom stereocenters. The summed E-state index contributed by atoms with van der Waals surface area (Å²) >= 11 is 0. The van der Waals surface area contributed by atoms with E-state index in [2.05, 4.69) is 4.98 Å². The number of fused-ring (bicyclic) bond motifs is 1. The van der Waals surface area contributed by atoms with E-state index in [-0.39, 0.29) is 30.0 Å². The first-order chi connectivity index (χ1) is 15.5. The molecule has 11 heteroatoms. The van der Waals surface area contributed by atoms with Crippen LogP contribution in [0.3, 0.4) is 0 Å². The minimum atomic E-state index is -3.82. The summed E-state index contributed by atoms with van der Waals surface area (Å²) in [7, 11) is 3.09. The number of carbonyl (C=O) groups excluding carboxylic acids is 1. The van der Waals surface area contributed by atoms with Crippen molar-refractivity contribution in [3.63, 3.8) is 0 Å². The summed E-state index contributed by atoms with van der Waals surface area (Å²) in [5, 5.41) is 9.72. The van der Waals surface area contributed by atoms with Crippen LogP contribution in [0.15, 0.2) is 35.7 Å². The van der Waals surface area contributed by atoms with Gasteiger partial charge in [0.15, 0.2) is 10.8 Å². The van der Waals surface area contributed by atoms with Crippen molar-refractivity contribution in [2.24, 2.45) is 13.0 Å². The van der Waals surface area contributed by atoms with Gasteiger partial charge in [0.2, 0.25) is 0 Å². The third-order valence-electron chi connectivity index (χ3n) is 5.95. The number of amides is 1. The molecule has 1 N–H and O–H groups in total. The maximum absolute atomic E-state index is 13.4.